The number of nitrogens with zero attached hydrogens (tertiary/aromatic N) is 3. The van der Waals surface area contributed by atoms with Crippen molar-refractivity contribution in [3.63, 3.8) is 0 Å². The van der Waals surface area contributed by atoms with Crippen LogP contribution in [-0.4, -0.2) is 47.3 Å². The molecule has 0 saturated carbocycles. The third-order valence-corrected chi connectivity index (χ3v) is 2.96. The van der Waals surface area contributed by atoms with Gasteiger partial charge in [-0.05, 0) is 32.9 Å². The molecule has 0 aliphatic carbocycles. The third kappa shape index (κ3) is 3.43. The molecule has 0 spiro atoms. The highest BCUT2D eigenvalue weighted by atomic mass is 16.5. The molecule has 100 valence electrons. The quantitative estimate of drug-likeness (QED) is 0.808. The van der Waals surface area contributed by atoms with Gasteiger partial charge in [0.1, 0.15) is 6.54 Å². The molecule has 2 heterocycles. The fourth-order valence-corrected chi connectivity index (χ4v) is 1.93. The van der Waals surface area contributed by atoms with E-state index in [1.54, 1.807) is 18.9 Å². The van der Waals surface area contributed by atoms with Gasteiger partial charge >= 0.3 is 6.03 Å². The van der Waals surface area contributed by atoms with Crippen molar-refractivity contribution in [1.82, 2.24) is 25.7 Å². The summed E-state index contributed by atoms with van der Waals surface area (Å²) in [5.41, 5.74) is 0. The van der Waals surface area contributed by atoms with Gasteiger partial charge < -0.3 is 20.1 Å². The maximum absolute atomic E-state index is 11.9. The Morgan fingerprint density at radius 1 is 1.56 bits per heavy atom. The number of amides is 2. The van der Waals surface area contributed by atoms with Crippen molar-refractivity contribution in [1.29, 1.82) is 0 Å². The lowest BCUT2D eigenvalue weighted by molar-refractivity contribution is 0.192. The molecule has 2 rings (SSSR count). The van der Waals surface area contributed by atoms with Gasteiger partial charge in [-0.15, -0.1) is 0 Å². The van der Waals surface area contributed by atoms with Crippen molar-refractivity contribution in [2.75, 3.05) is 20.1 Å². The second-order valence-electron chi connectivity index (χ2n) is 4.57. The van der Waals surface area contributed by atoms with E-state index >= 15 is 0 Å². The molecule has 1 aliphatic rings. The maximum atomic E-state index is 11.9. The number of carbonyl (C=O) groups is 1. The SMILES string of the molecule is Cc1noc(CN(C)C(=O)NC2CCNCC2)n1. The van der Waals surface area contributed by atoms with Crippen LogP contribution in [0, 0.1) is 6.92 Å². The van der Waals surface area contributed by atoms with E-state index in [4.69, 9.17) is 4.52 Å². The van der Waals surface area contributed by atoms with Gasteiger partial charge in [0.25, 0.3) is 0 Å². The maximum Gasteiger partial charge on any atom is 0.317 e. The van der Waals surface area contributed by atoms with E-state index in [0.717, 1.165) is 25.9 Å². The van der Waals surface area contributed by atoms with E-state index in [0.29, 0.717) is 18.3 Å². The highest BCUT2D eigenvalue weighted by Crippen LogP contribution is 2.04. The molecular weight excluding hydrogens is 234 g/mol. The van der Waals surface area contributed by atoms with Gasteiger partial charge in [0.2, 0.25) is 5.89 Å². The smallest absolute Gasteiger partial charge is 0.317 e. The Balaban J connectivity index is 1.80. The molecule has 1 saturated heterocycles. The molecule has 1 aliphatic heterocycles. The van der Waals surface area contributed by atoms with Crippen molar-refractivity contribution in [2.45, 2.75) is 32.4 Å². The number of hydrogen-bond acceptors (Lipinski definition) is 5. The average molecular weight is 253 g/mol. The largest absolute Gasteiger partial charge is 0.337 e. The van der Waals surface area contributed by atoms with Gasteiger partial charge in [0, 0.05) is 13.1 Å². The second-order valence-corrected chi connectivity index (χ2v) is 4.57. The molecule has 18 heavy (non-hydrogen) atoms. The minimum Gasteiger partial charge on any atom is -0.337 e. The number of urea groups is 1. The molecule has 1 aromatic heterocycles. The Morgan fingerprint density at radius 3 is 2.89 bits per heavy atom. The van der Waals surface area contributed by atoms with Crippen molar-refractivity contribution in [2.24, 2.45) is 0 Å². The van der Waals surface area contributed by atoms with Crippen LogP contribution in [0.2, 0.25) is 0 Å². The van der Waals surface area contributed by atoms with Gasteiger partial charge in [-0.3, -0.25) is 0 Å². The summed E-state index contributed by atoms with van der Waals surface area (Å²) in [6.45, 7) is 3.99. The van der Waals surface area contributed by atoms with Crippen molar-refractivity contribution < 1.29 is 9.32 Å². The third-order valence-electron chi connectivity index (χ3n) is 2.96. The summed E-state index contributed by atoms with van der Waals surface area (Å²) in [5, 5.41) is 9.96. The molecule has 2 N–H and O–H groups in total. The molecule has 0 unspecified atom stereocenters. The van der Waals surface area contributed by atoms with Crippen LogP contribution in [0.4, 0.5) is 4.79 Å². The first kappa shape index (κ1) is 12.8. The number of nitrogens with one attached hydrogen (secondary N) is 2. The van der Waals surface area contributed by atoms with Gasteiger partial charge in [0.05, 0.1) is 0 Å². The zero-order chi connectivity index (χ0) is 13.0. The molecule has 0 bridgehead atoms. The van der Waals surface area contributed by atoms with Gasteiger partial charge in [0.15, 0.2) is 5.82 Å². The van der Waals surface area contributed by atoms with Crippen molar-refractivity contribution >= 4 is 6.03 Å². The first-order valence-corrected chi connectivity index (χ1v) is 6.16. The van der Waals surface area contributed by atoms with Gasteiger partial charge in [-0.2, -0.15) is 4.98 Å². The van der Waals surface area contributed by atoms with Crippen molar-refractivity contribution in [3.05, 3.63) is 11.7 Å². The van der Waals surface area contributed by atoms with Crippen LogP contribution < -0.4 is 10.6 Å². The Bertz CT molecular complexity index is 400. The summed E-state index contributed by atoms with van der Waals surface area (Å²) in [6, 6.07) is 0.156. The minimum absolute atomic E-state index is 0.0993. The lowest BCUT2D eigenvalue weighted by atomic mass is 10.1. The molecular formula is C11H19N5O2. The Morgan fingerprint density at radius 2 is 2.28 bits per heavy atom. The van der Waals surface area contributed by atoms with E-state index in [1.807, 2.05) is 0 Å². The lowest BCUT2D eigenvalue weighted by Crippen LogP contribution is -2.47. The molecule has 1 aromatic rings. The fraction of sp³-hybridized carbons (Fsp3) is 0.727. The number of hydrogen-bond donors (Lipinski definition) is 2. The van der Waals surface area contributed by atoms with E-state index in [2.05, 4.69) is 20.8 Å². The zero-order valence-electron chi connectivity index (χ0n) is 10.8. The average Bonchev–Trinajstić information content (AvgIpc) is 2.76. The number of piperidine rings is 1. The van der Waals surface area contributed by atoms with E-state index in [1.165, 1.54) is 0 Å². The summed E-state index contributed by atoms with van der Waals surface area (Å²) >= 11 is 0. The van der Waals surface area contributed by atoms with Crippen LogP contribution in [0.5, 0.6) is 0 Å². The zero-order valence-corrected chi connectivity index (χ0v) is 10.8. The Kier molecular flexibility index (Phi) is 4.14. The Hall–Kier alpha value is -1.63. The predicted molar refractivity (Wildman–Crippen MR) is 64.9 cm³/mol. The summed E-state index contributed by atoms with van der Waals surface area (Å²) in [5.74, 6) is 1.03. The second kappa shape index (κ2) is 5.81. The van der Waals surface area contributed by atoms with Crippen molar-refractivity contribution in [3.8, 4) is 0 Å². The van der Waals surface area contributed by atoms with Crippen LogP contribution in [0.3, 0.4) is 0 Å². The summed E-state index contributed by atoms with van der Waals surface area (Å²) in [7, 11) is 1.72. The first-order valence-electron chi connectivity index (χ1n) is 6.16. The molecule has 7 nitrogen and oxygen atoms in total. The minimum atomic E-state index is -0.0993. The van der Waals surface area contributed by atoms with Gasteiger partial charge in [-0.1, -0.05) is 5.16 Å². The van der Waals surface area contributed by atoms with Crippen LogP contribution in [0.15, 0.2) is 4.52 Å². The number of carbonyl (C=O) groups excluding carboxylic acids is 1. The molecule has 0 atom stereocenters. The summed E-state index contributed by atoms with van der Waals surface area (Å²) in [4.78, 5) is 17.5. The van der Waals surface area contributed by atoms with E-state index in [-0.39, 0.29) is 12.1 Å². The number of aromatic nitrogens is 2. The molecule has 2 amide bonds. The molecule has 7 heteroatoms. The van der Waals surface area contributed by atoms with E-state index < -0.39 is 0 Å². The van der Waals surface area contributed by atoms with E-state index in [9.17, 15) is 4.79 Å². The summed E-state index contributed by atoms with van der Waals surface area (Å²) < 4.78 is 4.98. The lowest BCUT2D eigenvalue weighted by Gasteiger charge is -2.26. The van der Waals surface area contributed by atoms with Crippen LogP contribution >= 0.6 is 0 Å². The van der Waals surface area contributed by atoms with Crippen LogP contribution in [0.1, 0.15) is 24.6 Å². The van der Waals surface area contributed by atoms with Crippen LogP contribution in [0.25, 0.3) is 0 Å². The standard InChI is InChI=1S/C11H19N5O2/c1-8-13-10(18-15-8)7-16(2)11(17)14-9-3-5-12-6-4-9/h9,12H,3-7H2,1-2H3,(H,14,17). The monoisotopic (exact) mass is 253 g/mol. The fourth-order valence-electron chi connectivity index (χ4n) is 1.93. The van der Waals surface area contributed by atoms with Crippen LogP contribution in [-0.2, 0) is 6.54 Å². The number of rotatable bonds is 3. The highest BCUT2D eigenvalue weighted by Gasteiger charge is 2.18. The number of aryl methyl sites for hydroxylation is 1. The topological polar surface area (TPSA) is 83.3 Å². The first-order chi connectivity index (χ1) is 8.65. The molecule has 1 fully saturated rings. The van der Waals surface area contributed by atoms with Gasteiger partial charge in [-0.25, -0.2) is 4.79 Å². The predicted octanol–water partition coefficient (Wildman–Crippen LogP) is 0.271. The normalized spacial score (nSPS) is 16.6. The molecule has 0 aromatic carbocycles. The highest BCUT2D eigenvalue weighted by molar-refractivity contribution is 5.74. The molecule has 0 radical (unpaired) electrons. The summed E-state index contributed by atoms with van der Waals surface area (Å²) in [6.07, 6.45) is 1.94. The Labute approximate surface area is 106 Å².